The van der Waals surface area contributed by atoms with Crippen LogP contribution in [0.25, 0.3) is 0 Å². The van der Waals surface area contributed by atoms with Gasteiger partial charge in [0.2, 0.25) is 0 Å². The van der Waals surface area contributed by atoms with Crippen LogP contribution in [0.3, 0.4) is 0 Å². The Morgan fingerprint density at radius 1 is 1.62 bits per heavy atom. The van der Waals surface area contributed by atoms with E-state index in [2.05, 4.69) is 32.5 Å². The molecule has 0 radical (unpaired) electrons. The number of thiazole rings is 1. The van der Waals surface area contributed by atoms with E-state index >= 15 is 0 Å². The van der Waals surface area contributed by atoms with Crippen LogP contribution in [0.1, 0.15) is 17.6 Å². The van der Waals surface area contributed by atoms with Crippen LogP contribution in [0.5, 0.6) is 0 Å². The van der Waals surface area contributed by atoms with Crippen LogP contribution in [0, 0.1) is 6.92 Å². The van der Waals surface area contributed by atoms with E-state index in [1.807, 2.05) is 14.0 Å². The summed E-state index contributed by atoms with van der Waals surface area (Å²) in [4.78, 5) is 10.7. The Kier molecular flexibility index (Phi) is 7.65. The summed E-state index contributed by atoms with van der Waals surface area (Å²) in [6.45, 7) is 5.76. The summed E-state index contributed by atoms with van der Waals surface area (Å²) in [5.41, 5.74) is 1.10. The first-order chi connectivity index (χ1) is 7.17. The molecule has 0 spiro atoms. The van der Waals surface area contributed by atoms with E-state index in [9.17, 15) is 0 Å². The highest BCUT2D eigenvalue weighted by Crippen LogP contribution is 2.09. The lowest BCUT2D eigenvalue weighted by atomic mass is 10.4. The minimum Gasteiger partial charge on any atom is -0.357 e. The summed E-state index contributed by atoms with van der Waals surface area (Å²) in [7, 11) is 3.81. The molecule has 0 unspecified atom stereocenters. The average molecular weight is 354 g/mol. The van der Waals surface area contributed by atoms with Gasteiger partial charge in [-0.15, -0.1) is 35.3 Å². The zero-order valence-corrected chi connectivity index (χ0v) is 13.3. The van der Waals surface area contributed by atoms with Gasteiger partial charge in [0, 0.05) is 26.0 Å². The number of guanidine groups is 1. The van der Waals surface area contributed by atoms with Crippen molar-refractivity contribution in [1.82, 2.24) is 15.2 Å². The van der Waals surface area contributed by atoms with E-state index in [1.54, 1.807) is 18.4 Å². The summed E-state index contributed by atoms with van der Waals surface area (Å²) < 4.78 is 0. The molecule has 0 saturated heterocycles. The Balaban J connectivity index is 0.00000225. The number of rotatable bonds is 3. The van der Waals surface area contributed by atoms with Crippen LogP contribution in [-0.2, 0) is 6.54 Å². The molecule has 0 aliphatic carbocycles. The van der Waals surface area contributed by atoms with Gasteiger partial charge in [0.15, 0.2) is 5.96 Å². The second kappa shape index (κ2) is 7.83. The van der Waals surface area contributed by atoms with Gasteiger partial charge in [0.1, 0.15) is 0 Å². The van der Waals surface area contributed by atoms with Gasteiger partial charge in [0.25, 0.3) is 0 Å². The molecule has 4 nitrogen and oxygen atoms in total. The van der Waals surface area contributed by atoms with Crippen molar-refractivity contribution < 1.29 is 0 Å². The molecule has 92 valence electrons. The third-order valence-electron chi connectivity index (χ3n) is 1.97. The molecule has 1 N–H and O–H groups in total. The first-order valence-corrected chi connectivity index (χ1v) is 5.88. The van der Waals surface area contributed by atoms with E-state index in [4.69, 9.17) is 0 Å². The Labute approximate surface area is 118 Å². The van der Waals surface area contributed by atoms with Crippen molar-refractivity contribution in [3.63, 3.8) is 0 Å². The van der Waals surface area contributed by atoms with Gasteiger partial charge in [-0.2, -0.15) is 0 Å². The Morgan fingerprint density at radius 3 is 2.75 bits per heavy atom. The van der Waals surface area contributed by atoms with E-state index in [-0.39, 0.29) is 24.0 Å². The molecule has 1 rings (SSSR count). The topological polar surface area (TPSA) is 40.5 Å². The molecule has 1 aromatic rings. The molecule has 0 bridgehead atoms. The van der Waals surface area contributed by atoms with Crippen molar-refractivity contribution in [2.45, 2.75) is 20.4 Å². The lowest BCUT2D eigenvalue weighted by Gasteiger charge is -2.20. The monoisotopic (exact) mass is 354 g/mol. The van der Waals surface area contributed by atoms with Crippen molar-refractivity contribution >= 4 is 41.3 Å². The smallest absolute Gasteiger partial charge is 0.193 e. The van der Waals surface area contributed by atoms with E-state index < -0.39 is 0 Å². The third kappa shape index (κ3) is 4.65. The van der Waals surface area contributed by atoms with Crippen LogP contribution in [0.4, 0.5) is 0 Å². The minimum atomic E-state index is 0. The van der Waals surface area contributed by atoms with Crippen LogP contribution in [0.2, 0.25) is 0 Å². The molecule has 0 fully saturated rings. The maximum atomic E-state index is 4.42. The average Bonchev–Trinajstić information content (AvgIpc) is 2.60. The normalized spacial score (nSPS) is 10.9. The van der Waals surface area contributed by atoms with Gasteiger partial charge in [-0.3, -0.25) is 4.99 Å². The molecule has 6 heteroatoms. The van der Waals surface area contributed by atoms with Gasteiger partial charge in [-0.25, -0.2) is 4.98 Å². The van der Waals surface area contributed by atoms with Gasteiger partial charge >= 0.3 is 0 Å². The Bertz CT molecular complexity index is 337. The van der Waals surface area contributed by atoms with E-state index in [1.165, 1.54) is 0 Å². The zero-order valence-electron chi connectivity index (χ0n) is 10.1. The summed E-state index contributed by atoms with van der Waals surface area (Å²) in [5, 5.41) is 6.41. The predicted molar refractivity (Wildman–Crippen MR) is 80.8 cm³/mol. The first-order valence-electron chi connectivity index (χ1n) is 5.00. The van der Waals surface area contributed by atoms with E-state index in [0.717, 1.165) is 29.8 Å². The maximum Gasteiger partial charge on any atom is 0.193 e. The third-order valence-corrected chi connectivity index (χ3v) is 2.80. The van der Waals surface area contributed by atoms with Crippen LogP contribution < -0.4 is 5.32 Å². The molecule has 0 aliphatic heterocycles. The van der Waals surface area contributed by atoms with Crippen molar-refractivity contribution in [2.75, 3.05) is 20.6 Å². The zero-order chi connectivity index (χ0) is 11.3. The Hall–Kier alpha value is -0.370. The second-order valence-corrected chi connectivity index (χ2v) is 4.35. The molecule has 0 aliphatic rings. The number of nitrogens with zero attached hydrogens (tertiary/aromatic N) is 3. The lowest BCUT2D eigenvalue weighted by molar-refractivity contribution is 0.473. The molecule has 1 heterocycles. The number of aliphatic imine (C=N–C) groups is 1. The molecule has 0 aromatic carbocycles. The van der Waals surface area contributed by atoms with Crippen molar-refractivity contribution in [1.29, 1.82) is 0 Å². The number of aryl methyl sites for hydroxylation is 1. The molecule has 0 amide bonds. The summed E-state index contributed by atoms with van der Waals surface area (Å²) in [5.74, 6) is 0.906. The fourth-order valence-electron chi connectivity index (χ4n) is 1.34. The number of halogens is 1. The highest BCUT2D eigenvalue weighted by molar-refractivity contribution is 14.0. The van der Waals surface area contributed by atoms with Gasteiger partial charge in [-0.05, 0) is 13.8 Å². The minimum absolute atomic E-state index is 0. The van der Waals surface area contributed by atoms with Crippen molar-refractivity contribution in [2.24, 2.45) is 4.99 Å². The summed E-state index contributed by atoms with van der Waals surface area (Å²) in [6, 6.07) is 0. The van der Waals surface area contributed by atoms with Gasteiger partial charge < -0.3 is 10.2 Å². The fraction of sp³-hybridized carbons (Fsp3) is 0.600. The second-order valence-electron chi connectivity index (χ2n) is 3.29. The molecule has 1 aromatic heterocycles. The van der Waals surface area contributed by atoms with Gasteiger partial charge in [0.05, 0.1) is 17.2 Å². The largest absolute Gasteiger partial charge is 0.357 e. The summed E-state index contributed by atoms with van der Waals surface area (Å²) >= 11 is 1.68. The molecule has 16 heavy (non-hydrogen) atoms. The van der Waals surface area contributed by atoms with Gasteiger partial charge in [-0.1, -0.05) is 0 Å². The highest BCUT2D eigenvalue weighted by atomic mass is 127. The van der Waals surface area contributed by atoms with E-state index in [0.29, 0.717) is 0 Å². The number of aromatic nitrogens is 1. The molecular weight excluding hydrogens is 335 g/mol. The fourth-order valence-corrected chi connectivity index (χ4v) is 1.95. The Morgan fingerprint density at radius 2 is 2.31 bits per heavy atom. The SMILES string of the molecule is CCNC(=NC)N(C)Cc1csc(C)n1.I. The van der Waals surface area contributed by atoms with Crippen LogP contribution in [0.15, 0.2) is 10.4 Å². The molecular formula is C10H19IN4S. The summed E-state index contributed by atoms with van der Waals surface area (Å²) in [6.07, 6.45) is 0. The maximum absolute atomic E-state index is 4.42. The first kappa shape index (κ1) is 15.6. The highest BCUT2D eigenvalue weighted by Gasteiger charge is 2.07. The number of nitrogens with one attached hydrogen (secondary N) is 1. The van der Waals surface area contributed by atoms with Crippen molar-refractivity contribution in [3.8, 4) is 0 Å². The lowest BCUT2D eigenvalue weighted by Crippen LogP contribution is -2.38. The predicted octanol–water partition coefficient (Wildman–Crippen LogP) is 2.10. The van der Waals surface area contributed by atoms with Crippen LogP contribution in [-0.4, -0.2) is 36.5 Å². The molecule has 0 atom stereocenters. The quantitative estimate of drug-likeness (QED) is 0.514. The van der Waals surface area contributed by atoms with Crippen LogP contribution >= 0.6 is 35.3 Å². The number of hydrogen-bond donors (Lipinski definition) is 1. The number of hydrogen-bond acceptors (Lipinski definition) is 3. The molecule has 0 saturated carbocycles. The standard InChI is InChI=1S/C10H18N4S.HI/c1-5-12-10(11-3)14(4)6-9-7-15-8(2)13-9;/h7H,5-6H2,1-4H3,(H,11,12);1H. The van der Waals surface area contributed by atoms with Crippen molar-refractivity contribution in [3.05, 3.63) is 16.1 Å².